The maximum Gasteiger partial charge on any atom is 0.307 e. The number of amides is 1. The first kappa shape index (κ1) is 13.9. The van der Waals surface area contributed by atoms with Gasteiger partial charge in [0.2, 0.25) is 5.91 Å². The molecular formula is C16H25NO3. The van der Waals surface area contributed by atoms with Gasteiger partial charge in [0.1, 0.15) is 0 Å². The molecule has 6 unspecified atom stereocenters. The van der Waals surface area contributed by atoms with Crippen LogP contribution in [0.5, 0.6) is 0 Å². The van der Waals surface area contributed by atoms with E-state index in [1.807, 2.05) is 0 Å². The van der Waals surface area contributed by atoms with Crippen LogP contribution in [0.3, 0.4) is 0 Å². The van der Waals surface area contributed by atoms with Crippen molar-refractivity contribution in [1.82, 2.24) is 5.32 Å². The highest BCUT2D eigenvalue weighted by atomic mass is 16.4. The smallest absolute Gasteiger partial charge is 0.307 e. The van der Waals surface area contributed by atoms with Crippen molar-refractivity contribution in [3.63, 3.8) is 0 Å². The van der Waals surface area contributed by atoms with E-state index in [1.165, 1.54) is 25.7 Å². The van der Waals surface area contributed by atoms with E-state index in [0.29, 0.717) is 12.3 Å². The van der Waals surface area contributed by atoms with Gasteiger partial charge in [0, 0.05) is 6.04 Å². The lowest BCUT2D eigenvalue weighted by Gasteiger charge is -2.29. The average Bonchev–Trinajstić information content (AvgIpc) is 3.13. The second kappa shape index (κ2) is 5.38. The molecule has 112 valence electrons. The number of hydrogen-bond donors (Lipinski definition) is 2. The van der Waals surface area contributed by atoms with Crippen LogP contribution >= 0.6 is 0 Å². The molecule has 3 saturated carbocycles. The zero-order valence-electron chi connectivity index (χ0n) is 12.2. The molecule has 0 aromatic carbocycles. The van der Waals surface area contributed by atoms with Gasteiger partial charge in [0.25, 0.3) is 0 Å². The Bertz CT molecular complexity index is 409. The van der Waals surface area contributed by atoms with Crippen molar-refractivity contribution >= 4 is 11.9 Å². The number of carboxylic acids is 1. The second-order valence-electron chi connectivity index (χ2n) is 7.12. The van der Waals surface area contributed by atoms with Crippen molar-refractivity contribution in [2.75, 3.05) is 0 Å². The quantitative estimate of drug-likeness (QED) is 0.830. The third-order valence-electron chi connectivity index (χ3n) is 5.97. The summed E-state index contributed by atoms with van der Waals surface area (Å²) in [5, 5.41) is 12.3. The van der Waals surface area contributed by atoms with Crippen LogP contribution in [0.1, 0.15) is 51.9 Å². The summed E-state index contributed by atoms with van der Waals surface area (Å²) in [6, 6.07) is 0.202. The van der Waals surface area contributed by atoms with Gasteiger partial charge in [-0.2, -0.15) is 0 Å². The van der Waals surface area contributed by atoms with Crippen molar-refractivity contribution in [3.05, 3.63) is 0 Å². The van der Waals surface area contributed by atoms with Crippen LogP contribution in [0.2, 0.25) is 0 Å². The van der Waals surface area contributed by atoms with Gasteiger partial charge in [0.15, 0.2) is 0 Å². The number of fused-ring (bicyclic) bond motifs is 2. The van der Waals surface area contributed by atoms with Crippen molar-refractivity contribution in [3.8, 4) is 0 Å². The maximum absolute atomic E-state index is 12.4. The van der Waals surface area contributed by atoms with Crippen molar-refractivity contribution in [2.24, 2.45) is 29.6 Å². The van der Waals surface area contributed by atoms with Crippen LogP contribution in [-0.4, -0.2) is 23.0 Å². The lowest BCUT2D eigenvalue weighted by Crippen LogP contribution is -2.44. The summed E-state index contributed by atoms with van der Waals surface area (Å²) in [7, 11) is 0. The number of carbonyl (C=O) groups excluding carboxylic acids is 1. The molecule has 2 bridgehead atoms. The molecule has 20 heavy (non-hydrogen) atoms. The molecule has 0 heterocycles. The third-order valence-corrected chi connectivity index (χ3v) is 5.97. The van der Waals surface area contributed by atoms with Gasteiger partial charge in [-0.15, -0.1) is 0 Å². The minimum atomic E-state index is -0.810. The predicted molar refractivity (Wildman–Crippen MR) is 75.0 cm³/mol. The Balaban J connectivity index is 1.57. The molecule has 0 aromatic heterocycles. The largest absolute Gasteiger partial charge is 0.481 e. The fourth-order valence-electron chi connectivity index (χ4n) is 4.91. The first-order valence-electron chi connectivity index (χ1n) is 8.09. The highest BCUT2D eigenvalue weighted by Crippen LogP contribution is 2.49. The highest BCUT2D eigenvalue weighted by molar-refractivity contribution is 5.85. The van der Waals surface area contributed by atoms with E-state index in [-0.39, 0.29) is 17.9 Å². The van der Waals surface area contributed by atoms with Crippen molar-refractivity contribution in [1.29, 1.82) is 0 Å². The number of nitrogens with one attached hydrogen (secondary N) is 1. The Hall–Kier alpha value is -1.06. The molecule has 0 radical (unpaired) electrons. The van der Waals surface area contributed by atoms with Crippen molar-refractivity contribution in [2.45, 2.75) is 57.9 Å². The lowest BCUT2D eigenvalue weighted by molar-refractivity contribution is -0.146. The molecule has 3 fully saturated rings. The van der Waals surface area contributed by atoms with Crippen LogP contribution in [0.4, 0.5) is 0 Å². The van der Waals surface area contributed by atoms with Crippen LogP contribution in [0.15, 0.2) is 0 Å². The fourth-order valence-corrected chi connectivity index (χ4v) is 4.91. The number of hydrogen-bond acceptors (Lipinski definition) is 2. The Kier molecular flexibility index (Phi) is 3.74. The van der Waals surface area contributed by atoms with Crippen LogP contribution in [0.25, 0.3) is 0 Å². The average molecular weight is 279 g/mol. The molecule has 0 spiro atoms. The summed E-state index contributed by atoms with van der Waals surface area (Å²) in [5.74, 6) is 0.662. The van der Waals surface area contributed by atoms with Gasteiger partial charge in [-0.1, -0.05) is 12.8 Å². The monoisotopic (exact) mass is 279 g/mol. The molecule has 6 atom stereocenters. The molecule has 4 nitrogen and oxygen atoms in total. The number of rotatable bonds is 4. The van der Waals surface area contributed by atoms with Gasteiger partial charge in [-0.25, -0.2) is 0 Å². The summed E-state index contributed by atoms with van der Waals surface area (Å²) in [4.78, 5) is 23.5. The number of carbonyl (C=O) groups is 2. The molecule has 1 amide bonds. The van der Waals surface area contributed by atoms with E-state index in [4.69, 9.17) is 0 Å². The molecule has 0 aromatic rings. The van der Waals surface area contributed by atoms with Crippen LogP contribution in [-0.2, 0) is 9.59 Å². The van der Waals surface area contributed by atoms with E-state index in [1.54, 1.807) is 0 Å². The minimum absolute atomic E-state index is 0.0230. The SMILES string of the molecule is CC(NC(=O)C1CCCC1C(=O)O)C1CC2CCC1C2. The Morgan fingerprint density at radius 1 is 1.10 bits per heavy atom. The molecule has 2 N–H and O–H groups in total. The predicted octanol–water partition coefficient (Wildman–Crippen LogP) is 2.43. The van der Waals surface area contributed by atoms with E-state index < -0.39 is 11.9 Å². The zero-order chi connectivity index (χ0) is 14.3. The van der Waals surface area contributed by atoms with Gasteiger partial charge >= 0.3 is 5.97 Å². The molecule has 3 aliphatic carbocycles. The van der Waals surface area contributed by atoms with Gasteiger partial charge in [0.05, 0.1) is 11.8 Å². The normalized spacial score (nSPS) is 40.8. The van der Waals surface area contributed by atoms with E-state index in [9.17, 15) is 14.7 Å². The Morgan fingerprint density at radius 3 is 2.45 bits per heavy atom. The topological polar surface area (TPSA) is 66.4 Å². The standard InChI is InChI=1S/C16H25NO3/c1-9(14-8-10-5-6-11(14)7-10)17-15(18)12-3-2-4-13(12)16(19)20/h9-14H,2-8H2,1H3,(H,17,18)(H,19,20). The van der Waals surface area contributed by atoms with Gasteiger partial charge in [-0.3, -0.25) is 9.59 Å². The Labute approximate surface area is 120 Å². The highest BCUT2D eigenvalue weighted by Gasteiger charge is 2.43. The van der Waals surface area contributed by atoms with E-state index >= 15 is 0 Å². The lowest BCUT2D eigenvalue weighted by atomic mass is 9.83. The van der Waals surface area contributed by atoms with Crippen molar-refractivity contribution < 1.29 is 14.7 Å². The molecule has 4 heteroatoms. The third kappa shape index (κ3) is 2.45. The summed E-state index contributed by atoms with van der Waals surface area (Å²) >= 11 is 0. The van der Waals surface area contributed by atoms with Crippen LogP contribution in [0, 0.1) is 29.6 Å². The van der Waals surface area contributed by atoms with Gasteiger partial charge < -0.3 is 10.4 Å². The summed E-state index contributed by atoms with van der Waals surface area (Å²) in [6.45, 7) is 2.11. The van der Waals surface area contributed by atoms with E-state index in [0.717, 1.165) is 24.7 Å². The van der Waals surface area contributed by atoms with E-state index in [2.05, 4.69) is 12.2 Å². The first-order chi connectivity index (χ1) is 9.56. The number of aliphatic carboxylic acids is 1. The summed E-state index contributed by atoms with van der Waals surface area (Å²) < 4.78 is 0. The molecule has 3 aliphatic rings. The maximum atomic E-state index is 12.4. The molecular weight excluding hydrogens is 254 g/mol. The van der Waals surface area contributed by atoms with Gasteiger partial charge in [-0.05, 0) is 56.8 Å². The molecule has 0 saturated heterocycles. The zero-order valence-corrected chi connectivity index (χ0v) is 12.2. The first-order valence-corrected chi connectivity index (χ1v) is 8.09. The molecule has 3 rings (SSSR count). The Morgan fingerprint density at radius 2 is 1.85 bits per heavy atom. The second-order valence-corrected chi connectivity index (χ2v) is 7.12. The summed E-state index contributed by atoms with van der Waals surface area (Å²) in [6.07, 6.45) is 7.51. The number of carboxylic acid groups (broad SMARTS) is 1. The van der Waals surface area contributed by atoms with Crippen LogP contribution < -0.4 is 5.32 Å². The summed E-state index contributed by atoms with van der Waals surface area (Å²) in [5.41, 5.74) is 0. The minimum Gasteiger partial charge on any atom is -0.481 e. The fraction of sp³-hybridized carbons (Fsp3) is 0.875. The molecule has 0 aliphatic heterocycles.